The van der Waals surface area contributed by atoms with Gasteiger partial charge in [0.1, 0.15) is 5.75 Å². The lowest BCUT2D eigenvalue weighted by Gasteiger charge is -2.16. The molecule has 0 aromatic heterocycles. The second-order valence-corrected chi connectivity index (χ2v) is 7.01. The van der Waals surface area contributed by atoms with Crippen molar-refractivity contribution >= 4 is 17.6 Å². The summed E-state index contributed by atoms with van der Waals surface area (Å²) in [7, 11) is 1.59. The molecule has 154 valence electrons. The fourth-order valence-electron chi connectivity index (χ4n) is 3.13. The highest BCUT2D eigenvalue weighted by Crippen LogP contribution is 2.27. The maximum Gasteiger partial charge on any atom is 0.311 e. The quantitative estimate of drug-likeness (QED) is 0.577. The molecule has 3 aromatic carbocycles. The van der Waals surface area contributed by atoms with E-state index in [2.05, 4.69) is 5.32 Å². The Balaban J connectivity index is 1.64. The van der Waals surface area contributed by atoms with E-state index in [1.54, 1.807) is 20.1 Å². The number of para-hydroxylation sites is 1. The van der Waals surface area contributed by atoms with E-state index in [0.29, 0.717) is 11.4 Å². The third kappa shape index (κ3) is 5.26. The third-order valence-corrected chi connectivity index (χ3v) is 4.77. The van der Waals surface area contributed by atoms with Gasteiger partial charge >= 0.3 is 5.97 Å². The zero-order valence-corrected chi connectivity index (χ0v) is 17.3. The molecule has 3 rings (SSSR count). The lowest BCUT2D eigenvalue weighted by atomic mass is 10.0. The molecule has 1 atom stereocenters. The Morgan fingerprint density at radius 2 is 1.67 bits per heavy atom. The number of carbonyl (C=O) groups is 2. The molecule has 1 amide bonds. The summed E-state index contributed by atoms with van der Waals surface area (Å²) in [4.78, 5) is 24.9. The molecule has 0 aliphatic heterocycles. The van der Waals surface area contributed by atoms with Crippen LogP contribution in [0.15, 0.2) is 72.8 Å². The molecule has 0 bridgehead atoms. The standard InChI is InChI=1S/C25H25NO4/c1-17-13-14-19(15-23(17)29-3)16-24(27)30-18(2)25(28)26-22-12-8-7-11-21(22)20-9-5-4-6-10-20/h4-15,18H,16H2,1-3H3,(H,26,28). The van der Waals surface area contributed by atoms with Crippen LogP contribution in [0.25, 0.3) is 11.1 Å². The van der Waals surface area contributed by atoms with Gasteiger partial charge in [0.15, 0.2) is 6.10 Å². The van der Waals surface area contributed by atoms with E-state index in [1.165, 1.54) is 0 Å². The Morgan fingerprint density at radius 1 is 0.967 bits per heavy atom. The molecule has 0 heterocycles. The van der Waals surface area contributed by atoms with Gasteiger partial charge in [-0.3, -0.25) is 9.59 Å². The molecule has 0 spiro atoms. The van der Waals surface area contributed by atoms with Crippen molar-refractivity contribution in [2.45, 2.75) is 26.4 Å². The lowest BCUT2D eigenvalue weighted by Crippen LogP contribution is -2.30. The van der Waals surface area contributed by atoms with Crippen molar-refractivity contribution in [1.29, 1.82) is 0 Å². The predicted octanol–water partition coefficient (Wildman–Crippen LogP) is 4.78. The number of carbonyl (C=O) groups excluding carboxylic acids is 2. The van der Waals surface area contributed by atoms with Gasteiger partial charge in [-0.25, -0.2) is 0 Å². The largest absolute Gasteiger partial charge is 0.496 e. The van der Waals surface area contributed by atoms with Crippen molar-refractivity contribution in [1.82, 2.24) is 0 Å². The highest BCUT2D eigenvalue weighted by molar-refractivity contribution is 5.98. The van der Waals surface area contributed by atoms with Gasteiger partial charge in [0, 0.05) is 11.3 Å². The van der Waals surface area contributed by atoms with Crippen LogP contribution in [0.5, 0.6) is 5.75 Å². The highest BCUT2D eigenvalue weighted by atomic mass is 16.5. The van der Waals surface area contributed by atoms with Crippen molar-refractivity contribution < 1.29 is 19.1 Å². The Bertz CT molecular complexity index is 1030. The molecule has 30 heavy (non-hydrogen) atoms. The number of rotatable bonds is 7. The number of amides is 1. The Hall–Kier alpha value is -3.60. The van der Waals surface area contributed by atoms with Crippen LogP contribution in [0.2, 0.25) is 0 Å². The minimum absolute atomic E-state index is 0.0643. The zero-order valence-electron chi connectivity index (χ0n) is 17.3. The number of nitrogens with one attached hydrogen (secondary N) is 1. The molecule has 0 fully saturated rings. The van der Waals surface area contributed by atoms with E-state index in [-0.39, 0.29) is 12.3 Å². The van der Waals surface area contributed by atoms with Gasteiger partial charge in [0.2, 0.25) is 0 Å². The van der Waals surface area contributed by atoms with Crippen molar-refractivity contribution in [2.75, 3.05) is 12.4 Å². The number of anilines is 1. The van der Waals surface area contributed by atoms with Gasteiger partial charge in [-0.15, -0.1) is 0 Å². The van der Waals surface area contributed by atoms with Gasteiger partial charge in [0.25, 0.3) is 5.91 Å². The SMILES string of the molecule is COc1cc(CC(=O)OC(C)C(=O)Nc2ccccc2-c2ccccc2)ccc1C. The number of hydrogen-bond acceptors (Lipinski definition) is 4. The molecule has 1 N–H and O–H groups in total. The molecule has 5 heteroatoms. The Kier molecular flexibility index (Phi) is 6.86. The van der Waals surface area contributed by atoms with Crippen molar-refractivity contribution in [2.24, 2.45) is 0 Å². The van der Waals surface area contributed by atoms with Crippen molar-refractivity contribution in [3.05, 3.63) is 83.9 Å². The van der Waals surface area contributed by atoms with Crippen LogP contribution in [-0.4, -0.2) is 25.1 Å². The second kappa shape index (κ2) is 9.74. The summed E-state index contributed by atoms with van der Waals surface area (Å²) in [6.07, 6.45) is -0.858. The average Bonchev–Trinajstić information content (AvgIpc) is 2.76. The van der Waals surface area contributed by atoms with Crippen LogP contribution in [0.3, 0.4) is 0 Å². The molecule has 0 saturated carbocycles. The van der Waals surface area contributed by atoms with Crippen LogP contribution < -0.4 is 10.1 Å². The summed E-state index contributed by atoms with van der Waals surface area (Å²) >= 11 is 0. The molecule has 0 saturated heterocycles. The van der Waals surface area contributed by atoms with Gasteiger partial charge in [-0.2, -0.15) is 0 Å². The third-order valence-electron chi connectivity index (χ3n) is 4.77. The summed E-state index contributed by atoms with van der Waals surface area (Å²) in [5, 5.41) is 2.87. The van der Waals surface area contributed by atoms with Crippen LogP contribution in [-0.2, 0) is 20.7 Å². The highest BCUT2D eigenvalue weighted by Gasteiger charge is 2.19. The van der Waals surface area contributed by atoms with E-state index in [9.17, 15) is 9.59 Å². The Labute approximate surface area is 176 Å². The van der Waals surface area contributed by atoms with Gasteiger partial charge in [-0.1, -0.05) is 60.7 Å². The minimum Gasteiger partial charge on any atom is -0.496 e. The smallest absolute Gasteiger partial charge is 0.311 e. The molecule has 0 radical (unpaired) electrons. The van der Waals surface area contributed by atoms with E-state index >= 15 is 0 Å². The fraction of sp³-hybridized carbons (Fsp3) is 0.200. The number of hydrogen-bond donors (Lipinski definition) is 1. The monoisotopic (exact) mass is 403 g/mol. The topological polar surface area (TPSA) is 64.6 Å². The normalized spacial score (nSPS) is 11.4. The average molecular weight is 403 g/mol. The van der Waals surface area contributed by atoms with Gasteiger partial charge in [0.05, 0.1) is 13.5 Å². The number of ether oxygens (including phenoxy) is 2. The number of aryl methyl sites for hydroxylation is 1. The van der Waals surface area contributed by atoms with Crippen LogP contribution in [0.1, 0.15) is 18.1 Å². The zero-order chi connectivity index (χ0) is 21.5. The molecule has 0 aliphatic rings. The second-order valence-electron chi connectivity index (χ2n) is 7.01. The summed E-state index contributed by atoms with van der Waals surface area (Å²) in [6.45, 7) is 3.49. The van der Waals surface area contributed by atoms with E-state index in [4.69, 9.17) is 9.47 Å². The lowest BCUT2D eigenvalue weighted by molar-refractivity contribution is -0.152. The molecule has 1 unspecified atom stereocenters. The fourth-order valence-corrected chi connectivity index (χ4v) is 3.13. The molecule has 0 aliphatic carbocycles. The first-order valence-corrected chi connectivity index (χ1v) is 9.76. The molecular formula is C25H25NO4. The summed E-state index contributed by atoms with van der Waals surface area (Å²) in [5.74, 6) is -0.142. The van der Waals surface area contributed by atoms with Crippen LogP contribution in [0.4, 0.5) is 5.69 Å². The molecule has 5 nitrogen and oxygen atoms in total. The van der Waals surface area contributed by atoms with Crippen molar-refractivity contribution in [3.63, 3.8) is 0 Å². The number of methoxy groups -OCH3 is 1. The van der Waals surface area contributed by atoms with E-state index in [1.807, 2.05) is 73.7 Å². The summed E-state index contributed by atoms with van der Waals surface area (Å²) in [6, 6.07) is 22.8. The summed E-state index contributed by atoms with van der Waals surface area (Å²) in [5.41, 5.74) is 4.31. The van der Waals surface area contributed by atoms with Gasteiger partial charge < -0.3 is 14.8 Å². The first-order valence-electron chi connectivity index (χ1n) is 9.76. The number of esters is 1. The van der Waals surface area contributed by atoms with Crippen LogP contribution in [0, 0.1) is 6.92 Å². The first kappa shape index (κ1) is 21.1. The molecule has 3 aromatic rings. The van der Waals surface area contributed by atoms with Gasteiger partial charge in [-0.05, 0) is 42.7 Å². The maximum atomic E-state index is 12.6. The number of benzene rings is 3. The Morgan fingerprint density at radius 3 is 2.40 bits per heavy atom. The van der Waals surface area contributed by atoms with Crippen molar-refractivity contribution in [3.8, 4) is 16.9 Å². The maximum absolute atomic E-state index is 12.6. The van der Waals surface area contributed by atoms with E-state index < -0.39 is 12.1 Å². The first-order chi connectivity index (χ1) is 14.5. The van der Waals surface area contributed by atoms with E-state index in [0.717, 1.165) is 22.3 Å². The van der Waals surface area contributed by atoms with Crippen LogP contribution >= 0.6 is 0 Å². The minimum atomic E-state index is -0.923. The molecular weight excluding hydrogens is 378 g/mol. The summed E-state index contributed by atoms with van der Waals surface area (Å²) < 4.78 is 10.6. The predicted molar refractivity (Wildman–Crippen MR) is 117 cm³/mol.